The van der Waals surface area contributed by atoms with Gasteiger partial charge in [0.15, 0.2) is 0 Å². The van der Waals surface area contributed by atoms with E-state index in [1.807, 2.05) is 4.90 Å². The topological polar surface area (TPSA) is 38.8 Å². The first-order chi connectivity index (χ1) is 8.16. The molecule has 5 nitrogen and oxygen atoms in total. The molecule has 0 spiro atoms. The summed E-state index contributed by atoms with van der Waals surface area (Å²) in [6.07, 6.45) is 0. The van der Waals surface area contributed by atoms with Crippen molar-refractivity contribution in [1.82, 2.24) is 20.0 Å². The monoisotopic (exact) mass is 240 g/mol. The van der Waals surface area contributed by atoms with Crippen LogP contribution in [0.3, 0.4) is 0 Å². The molecule has 2 saturated heterocycles. The number of hydrogen-bond donors (Lipinski definition) is 1. The SMILES string of the molecule is CC1CN(C)CCN1CC(=O)N1CCNCC1. The zero-order chi connectivity index (χ0) is 12.3. The number of carbonyl (C=O) groups excluding carboxylic acids is 1. The van der Waals surface area contributed by atoms with Gasteiger partial charge in [-0.05, 0) is 14.0 Å². The van der Waals surface area contributed by atoms with Gasteiger partial charge in [0.1, 0.15) is 0 Å². The van der Waals surface area contributed by atoms with E-state index in [0.29, 0.717) is 18.5 Å². The predicted octanol–water partition coefficient (Wildman–Crippen LogP) is -0.946. The van der Waals surface area contributed by atoms with E-state index in [1.165, 1.54) is 0 Å². The van der Waals surface area contributed by atoms with E-state index in [9.17, 15) is 4.79 Å². The summed E-state index contributed by atoms with van der Waals surface area (Å²) in [5.41, 5.74) is 0. The molecule has 1 atom stereocenters. The minimum atomic E-state index is 0.294. The molecule has 17 heavy (non-hydrogen) atoms. The van der Waals surface area contributed by atoms with E-state index >= 15 is 0 Å². The fourth-order valence-electron chi connectivity index (χ4n) is 2.60. The van der Waals surface area contributed by atoms with E-state index in [4.69, 9.17) is 0 Å². The van der Waals surface area contributed by atoms with Gasteiger partial charge in [-0.15, -0.1) is 0 Å². The Kier molecular flexibility index (Phi) is 4.36. The molecule has 0 bridgehead atoms. The van der Waals surface area contributed by atoms with E-state index in [1.54, 1.807) is 0 Å². The van der Waals surface area contributed by atoms with Crippen LogP contribution < -0.4 is 5.32 Å². The van der Waals surface area contributed by atoms with Crippen LogP contribution in [0, 0.1) is 0 Å². The van der Waals surface area contributed by atoms with Gasteiger partial charge in [-0.3, -0.25) is 9.69 Å². The third-order valence-electron chi connectivity index (χ3n) is 3.78. The maximum atomic E-state index is 12.1. The van der Waals surface area contributed by atoms with Gasteiger partial charge in [-0.1, -0.05) is 0 Å². The van der Waals surface area contributed by atoms with Crippen molar-refractivity contribution in [3.8, 4) is 0 Å². The van der Waals surface area contributed by atoms with E-state index < -0.39 is 0 Å². The predicted molar refractivity (Wildman–Crippen MR) is 68.0 cm³/mol. The Bertz CT molecular complexity index is 265. The molecule has 0 radical (unpaired) electrons. The van der Waals surface area contributed by atoms with Crippen LogP contribution in [0.2, 0.25) is 0 Å². The Balaban J connectivity index is 1.81. The average molecular weight is 240 g/mol. The van der Waals surface area contributed by atoms with Crippen molar-refractivity contribution in [2.45, 2.75) is 13.0 Å². The maximum Gasteiger partial charge on any atom is 0.236 e. The molecular formula is C12H24N4O. The van der Waals surface area contributed by atoms with Crippen LogP contribution in [-0.2, 0) is 4.79 Å². The van der Waals surface area contributed by atoms with Crippen molar-refractivity contribution in [2.75, 3.05) is 59.4 Å². The summed E-state index contributed by atoms with van der Waals surface area (Å²) in [6, 6.07) is 0.487. The number of likely N-dealkylation sites (N-methyl/N-ethyl adjacent to an activating group) is 1. The lowest BCUT2D eigenvalue weighted by atomic mass is 10.2. The third kappa shape index (κ3) is 3.40. The Labute approximate surface area is 104 Å². The summed E-state index contributed by atoms with van der Waals surface area (Å²) in [6.45, 7) is 9.54. The molecule has 98 valence electrons. The highest BCUT2D eigenvalue weighted by molar-refractivity contribution is 5.78. The molecular weight excluding hydrogens is 216 g/mol. The number of carbonyl (C=O) groups is 1. The van der Waals surface area contributed by atoms with Crippen LogP contribution in [-0.4, -0.2) is 86.1 Å². The molecule has 0 aromatic rings. The fourth-order valence-corrected chi connectivity index (χ4v) is 2.60. The van der Waals surface area contributed by atoms with Gasteiger partial charge in [-0.2, -0.15) is 0 Å². The van der Waals surface area contributed by atoms with Crippen molar-refractivity contribution in [3.05, 3.63) is 0 Å². The van der Waals surface area contributed by atoms with Crippen LogP contribution in [0.1, 0.15) is 6.92 Å². The lowest BCUT2D eigenvalue weighted by Gasteiger charge is -2.39. The molecule has 2 fully saturated rings. The smallest absolute Gasteiger partial charge is 0.236 e. The minimum absolute atomic E-state index is 0.294. The zero-order valence-corrected chi connectivity index (χ0v) is 11.0. The molecule has 0 saturated carbocycles. The summed E-state index contributed by atoms with van der Waals surface area (Å²) < 4.78 is 0. The van der Waals surface area contributed by atoms with Crippen LogP contribution in [0.5, 0.6) is 0 Å². The van der Waals surface area contributed by atoms with Crippen molar-refractivity contribution in [2.24, 2.45) is 0 Å². The van der Waals surface area contributed by atoms with Crippen LogP contribution >= 0.6 is 0 Å². The number of piperazine rings is 2. The highest BCUT2D eigenvalue weighted by Crippen LogP contribution is 2.08. The maximum absolute atomic E-state index is 12.1. The van der Waals surface area contributed by atoms with Crippen molar-refractivity contribution < 1.29 is 4.79 Å². The summed E-state index contributed by atoms with van der Waals surface area (Å²) in [7, 11) is 2.14. The molecule has 2 heterocycles. The molecule has 1 unspecified atom stereocenters. The van der Waals surface area contributed by atoms with Crippen LogP contribution in [0.4, 0.5) is 0 Å². The second kappa shape index (κ2) is 5.80. The van der Waals surface area contributed by atoms with Gasteiger partial charge in [0.2, 0.25) is 5.91 Å². The fraction of sp³-hybridized carbons (Fsp3) is 0.917. The van der Waals surface area contributed by atoms with Crippen molar-refractivity contribution >= 4 is 5.91 Å². The van der Waals surface area contributed by atoms with E-state index in [2.05, 4.69) is 29.1 Å². The molecule has 0 aliphatic carbocycles. The van der Waals surface area contributed by atoms with Gasteiger partial charge >= 0.3 is 0 Å². The molecule has 1 amide bonds. The molecule has 0 aromatic heterocycles. The summed E-state index contributed by atoms with van der Waals surface area (Å²) in [5, 5.41) is 3.27. The third-order valence-corrected chi connectivity index (χ3v) is 3.78. The number of rotatable bonds is 2. The zero-order valence-electron chi connectivity index (χ0n) is 11.0. The van der Waals surface area contributed by atoms with Crippen molar-refractivity contribution in [1.29, 1.82) is 0 Å². The molecule has 5 heteroatoms. The normalized spacial score (nSPS) is 28.4. The second-order valence-corrected chi connectivity index (χ2v) is 5.21. The Morgan fingerprint density at radius 1 is 1.24 bits per heavy atom. The van der Waals surface area contributed by atoms with Crippen molar-refractivity contribution in [3.63, 3.8) is 0 Å². The van der Waals surface area contributed by atoms with Crippen LogP contribution in [0.15, 0.2) is 0 Å². The first-order valence-corrected chi connectivity index (χ1v) is 6.58. The quantitative estimate of drug-likeness (QED) is 0.676. The Morgan fingerprint density at radius 2 is 1.94 bits per heavy atom. The van der Waals surface area contributed by atoms with Gasteiger partial charge in [0.25, 0.3) is 0 Å². The van der Waals surface area contributed by atoms with Gasteiger partial charge in [-0.25, -0.2) is 0 Å². The highest BCUT2D eigenvalue weighted by atomic mass is 16.2. The van der Waals surface area contributed by atoms with E-state index in [0.717, 1.165) is 45.8 Å². The lowest BCUT2D eigenvalue weighted by Crippen LogP contribution is -2.55. The van der Waals surface area contributed by atoms with Crippen LogP contribution in [0.25, 0.3) is 0 Å². The number of hydrogen-bond acceptors (Lipinski definition) is 4. The standard InChI is InChI=1S/C12H24N4O/c1-11-9-14(2)7-8-16(11)10-12(17)15-5-3-13-4-6-15/h11,13H,3-10H2,1-2H3. The second-order valence-electron chi connectivity index (χ2n) is 5.21. The van der Waals surface area contributed by atoms with Gasteiger partial charge < -0.3 is 15.1 Å². The number of amides is 1. The Hall–Kier alpha value is -0.650. The first kappa shape index (κ1) is 12.8. The molecule has 2 aliphatic heterocycles. The molecule has 1 N–H and O–H groups in total. The highest BCUT2D eigenvalue weighted by Gasteiger charge is 2.25. The van der Waals surface area contributed by atoms with Gasteiger partial charge in [0, 0.05) is 51.9 Å². The molecule has 2 aliphatic rings. The van der Waals surface area contributed by atoms with E-state index in [-0.39, 0.29) is 0 Å². The molecule has 0 aromatic carbocycles. The molecule has 2 rings (SSSR count). The largest absolute Gasteiger partial charge is 0.339 e. The summed E-state index contributed by atoms with van der Waals surface area (Å²) in [5.74, 6) is 0.294. The average Bonchev–Trinajstić information content (AvgIpc) is 2.34. The Morgan fingerprint density at radius 3 is 2.59 bits per heavy atom. The minimum Gasteiger partial charge on any atom is -0.339 e. The summed E-state index contributed by atoms with van der Waals surface area (Å²) >= 11 is 0. The summed E-state index contributed by atoms with van der Waals surface area (Å²) in [4.78, 5) is 18.8. The first-order valence-electron chi connectivity index (χ1n) is 6.58. The lowest BCUT2D eigenvalue weighted by molar-refractivity contribution is -0.134. The number of nitrogens with one attached hydrogen (secondary N) is 1. The van der Waals surface area contributed by atoms with Gasteiger partial charge in [0.05, 0.1) is 6.54 Å². The number of nitrogens with zero attached hydrogens (tertiary/aromatic N) is 3.